The molecule has 104 valence electrons. The van der Waals surface area contributed by atoms with Gasteiger partial charge in [-0.15, -0.1) is 0 Å². The van der Waals surface area contributed by atoms with Crippen LogP contribution in [0.1, 0.15) is 45.9 Å². The van der Waals surface area contributed by atoms with Crippen LogP contribution in [0.5, 0.6) is 0 Å². The lowest BCUT2D eigenvalue weighted by Crippen LogP contribution is -2.40. The highest BCUT2D eigenvalue weighted by Crippen LogP contribution is 2.23. The van der Waals surface area contributed by atoms with E-state index in [9.17, 15) is 0 Å². The van der Waals surface area contributed by atoms with Crippen LogP contribution < -0.4 is 5.73 Å². The van der Waals surface area contributed by atoms with Crippen LogP contribution in [-0.4, -0.2) is 34.1 Å². The summed E-state index contributed by atoms with van der Waals surface area (Å²) in [6.07, 6.45) is 4.98. The first-order valence-corrected chi connectivity index (χ1v) is 6.94. The van der Waals surface area contributed by atoms with Crippen molar-refractivity contribution in [2.75, 3.05) is 13.6 Å². The fourth-order valence-electron chi connectivity index (χ4n) is 2.29. The highest BCUT2D eigenvalue weighted by Gasteiger charge is 2.24. The van der Waals surface area contributed by atoms with Gasteiger partial charge in [-0.1, -0.05) is 20.8 Å². The Labute approximate surface area is 111 Å². The Kier molecular flexibility index (Phi) is 5.82. The number of hydrogen-bond donors (Lipinski definition) is 1. The number of hydrogen-bond acceptors (Lipinski definition) is 3. The van der Waals surface area contributed by atoms with Gasteiger partial charge in [-0.05, 0) is 26.3 Å². The molecule has 1 heterocycles. The largest absolute Gasteiger partial charge is 0.333 e. The van der Waals surface area contributed by atoms with E-state index >= 15 is 0 Å². The van der Waals surface area contributed by atoms with E-state index in [0.29, 0.717) is 18.5 Å². The van der Waals surface area contributed by atoms with Gasteiger partial charge in [0, 0.05) is 25.3 Å². The molecule has 2 unspecified atom stereocenters. The first-order chi connectivity index (χ1) is 8.52. The van der Waals surface area contributed by atoms with E-state index in [-0.39, 0.29) is 6.04 Å². The van der Waals surface area contributed by atoms with Gasteiger partial charge in [-0.3, -0.25) is 4.90 Å². The SMILES string of the molecule is CCCn1cncc1C(CN)N(C)C(C)C(C)C. The van der Waals surface area contributed by atoms with Crippen LogP contribution in [-0.2, 0) is 6.54 Å². The van der Waals surface area contributed by atoms with E-state index in [1.54, 1.807) is 0 Å². The van der Waals surface area contributed by atoms with Crippen LogP contribution in [0.25, 0.3) is 0 Å². The highest BCUT2D eigenvalue weighted by atomic mass is 15.2. The van der Waals surface area contributed by atoms with E-state index in [1.807, 2.05) is 12.5 Å². The number of imidazole rings is 1. The fourth-order valence-corrected chi connectivity index (χ4v) is 2.29. The third-order valence-electron chi connectivity index (χ3n) is 3.87. The van der Waals surface area contributed by atoms with Gasteiger partial charge in [0.25, 0.3) is 0 Å². The van der Waals surface area contributed by atoms with Gasteiger partial charge >= 0.3 is 0 Å². The van der Waals surface area contributed by atoms with E-state index < -0.39 is 0 Å². The Hall–Kier alpha value is -0.870. The Bertz CT molecular complexity index is 345. The quantitative estimate of drug-likeness (QED) is 0.810. The minimum Gasteiger partial charge on any atom is -0.333 e. The topological polar surface area (TPSA) is 47.1 Å². The van der Waals surface area contributed by atoms with E-state index in [0.717, 1.165) is 13.0 Å². The molecule has 4 heteroatoms. The summed E-state index contributed by atoms with van der Waals surface area (Å²) in [5, 5.41) is 0. The smallest absolute Gasteiger partial charge is 0.0948 e. The van der Waals surface area contributed by atoms with Crippen molar-refractivity contribution in [2.45, 2.75) is 52.7 Å². The Morgan fingerprint density at radius 2 is 2.06 bits per heavy atom. The van der Waals surface area contributed by atoms with Crippen molar-refractivity contribution in [1.82, 2.24) is 14.5 Å². The molecule has 2 N–H and O–H groups in total. The first kappa shape index (κ1) is 15.2. The average molecular weight is 252 g/mol. The molecule has 0 aliphatic rings. The minimum atomic E-state index is 0.247. The lowest BCUT2D eigenvalue weighted by Gasteiger charge is -2.35. The molecule has 0 aliphatic carbocycles. The van der Waals surface area contributed by atoms with Crippen molar-refractivity contribution >= 4 is 0 Å². The average Bonchev–Trinajstić information content (AvgIpc) is 2.78. The van der Waals surface area contributed by atoms with Gasteiger partial charge in [0.2, 0.25) is 0 Å². The molecule has 1 aromatic heterocycles. The molecule has 0 radical (unpaired) electrons. The second-order valence-corrected chi connectivity index (χ2v) is 5.41. The number of aryl methyl sites for hydroxylation is 1. The molecular weight excluding hydrogens is 224 g/mol. The molecule has 0 bridgehead atoms. The molecular formula is C14H28N4. The number of nitrogens with zero attached hydrogens (tertiary/aromatic N) is 3. The van der Waals surface area contributed by atoms with Crippen molar-refractivity contribution in [3.63, 3.8) is 0 Å². The maximum absolute atomic E-state index is 5.99. The summed E-state index contributed by atoms with van der Waals surface area (Å²) in [5.41, 5.74) is 7.22. The van der Waals surface area contributed by atoms with Crippen molar-refractivity contribution in [2.24, 2.45) is 11.7 Å². The number of likely N-dealkylation sites (N-methyl/N-ethyl adjacent to an activating group) is 1. The Morgan fingerprint density at radius 3 is 2.56 bits per heavy atom. The van der Waals surface area contributed by atoms with Crippen molar-refractivity contribution in [1.29, 1.82) is 0 Å². The summed E-state index contributed by atoms with van der Waals surface area (Å²) >= 11 is 0. The molecule has 18 heavy (non-hydrogen) atoms. The third-order valence-corrected chi connectivity index (χ3v) is 3.87. The molecule has 1 aromatic rings. The lowest BCUT2D eigenvalue weighted by molar-refractivity contribution is 0.146. The maximum Gasteiger partial charge on any atom is 0.0948 e. The predicted octanol–water partition coefficient (Wildman–Crippen LogP) is 2.27. The summed E-state index contributed by atoms with van der Waals surface area (Å²) in [6, 6.07) is 0.750. The van der Waals surface area contributed by atoms with Gasteiger partial charge in [-0.25, -0.2) is 4.98 Å². The van der Waals surface area contributed by atoms with Crippen molar-refractivity contribution in [3.8, 4) is 0 Å². The molecule has 0 aromatic carbocycles. The Balaban J connectivity index is 2.91. The zero-order chi connectivity index (χ0) is 13.7. The lowest BCUT2D eigenvalue weighted by atomic mass is 10.0. The van der Waals surface area contributed by atoms with Gasteiger partial charge < -0.3 is 10.3 Å². The van der Waals surface area contributed by atoms with Crippen LogP contribution in [0, 0.1) is 5.92 Å². The highest BCUT2D eigenvalue weighted by molar-refractivity contribution is 5.07. The minimum absolute atomic E-state index is 0.247. The predicted molar refractivity (Wildman–Crippen MR) is 76.4 cm³/mol. The summed E-state index contributed by atoms with van der Waals surface area (Å²) in [4.78, 5) is 6.65. The number of rotatable bonds is 7. The molecule has 0 fully saturated rings. The molecule has 0 saturated carbocycles. The van der Waals surface area contributed by atoms with E-state index in [2.05, 4.69) is 49.2 Å². The summed E-state index contributed by atoms with van der Waals surface area (Å²) in [6.45, 7) is 10.6. The normalized spacial score (nSPS) is 15.3. The van der Waals surface area contributed by atoms with E-state index in [1.165, 1.54) is 5.69 Å². The van der Waals surface area contributed by atoms with Gasteiger partial charge in [-0.2, -0.15) is 0 Å². The molecule has 0 spiro atoms. The van der Waals surface area contributed by atoms with E-state index in [4.69, 9.17) is 5.73 Å². The second kappa shape index (κ2) is 6.90. The van der Waals surface area contributed by atoms with Crippen LogP contribution in [0.15, 0.2) is 12.5 Å². The van der Waals surface area contributed by atoms with Crippen molar-refractivity contribution < 1.29 is 0 Å². The number of nitrogens with two attached hydrogens (primary N) is 1. The summed E-state index contributed by atoms with van der Waals surface area (Å²) < 4.78 is 2.22. The zero-order valence-electron chi connectivity index (χ0n) is 12.4. The molecule has 0 aliphatic heterocycles. The summed E-state index contributed by atoms with van der Waals surface area (Å²) in [7, 11) is 2.16. The van der Waals surface area contributed by atoms with Crippen LogP contribution in [0.2, 0.25) is 0 Å². The van der Waals surface area contributed by atoms with Crippen LogP contribution >= 0.6 is 0 Å². The van der Waals surface area contributed by atoms with Crippen LogP contribution in [0.3, 0.4) is 0 Å². The molecule has 1 rings (SSSR count). The molecule has 2 atom stereocenters. The molecule has 0 saturated heterocycles. The van der Waals surface area contributed by atoms with Gasteiger partial charge in [0.05, 0.1) is 18.1 Å². The number of aromatic nitrogens is 2. The summed E-state index contributed by atoms with van der Waals surface area (Å²) in [5.74, 6) is 0.617. The van der Waals surface area contributed by atoms with Gasteiger partial charge in [0.1, 0.15) is 0 Å². The Morgan fingerprint density at radius 1 is 1.39 bits per heavy atom. The third kappa shape index (κ3) is 3.33. The standard InChI is InChI=1S/C14H28N4/c1-6-7-18-10-16-9-14(18)13(8-15)17(5)12(4)11(2)3/h9-13H,6-8,15H2,1-5H3. The van der Waals surface area contributed by atoms with Crippen molar-refractivity contribution in [3.05, 3.63) is 18.2 Å². The second-order valence-electron chi connectivity index (χ2n) is 5.41. The zero-order valence-corrected chi connectivity index (χ0v) is 12.4. The van der Waals surface area contributed by atoms with Crippen LogP contribution in [0.4, 0.5) is 0 Å². The maximum atomic E-state index is 5.99. The first-order valence-electron chi connectivity index (χ1n) is 6.94. The fraction of sp³-hybridized carbons (Fsp3) is 0.786. The molecule has 0 amide bonds. The monoisotopic (exact) mass is 252 g/mol. The molecule has 4 nitrogen and oxygen atoms in total. The van der Waals surface area contributed by atoms with Gasteiger partial charge in [0.15, 0.2) is 0 Å².